The van der Waals surface area contributed by atoms with Gasteiger partial charge in [-0.25, -0.2) is 24.5 Å². The lowest BCUT2D eigenvalue weighted by Crippen LogP contribution is -2.52. The van der Waals surface area contributed by atoms with Crippen LogP contribution in [0.4, 0.5) is 9.59 Å². The number of imidazole rings is 2. The van der Waals surface area contributed by atoms with E-state index in [4.69, 9.17) is 29.2 Å². The number of carbonyl (C=O) groups is 4. The van der Waals surface area contributed by atoms with Crippen molar-refractivity contribution in [2.75, 3.05) is 20.8 Å². The number of likely N-dealkylation sites (tertiary alicyclic amines) is 2. The van der Waals surface area contributed by atoms with Crippen LogP contribution in [0.3, 0.4) is 0 Å². The maximum atomic E-state index is 14.1. The van der Waals surface area contributed by atoms with Crippen LogP contribution in [-0.4, -0.2) is 102 Å². The minimum Gasteiger partial charge on any atom is -0.464 e. The number of aromatic amines is 2. The first-order valence-electron chi connectivity index (χ1n) is 24.6. The Hall–Kier alpha value is -6.69. The van der Waals surface area contributed by atoms with Gasteiger partial charge in [-0.1, -0.05) is 40.2 Å². The second-order valence-electron chi connectivity index (χ2n) is 20.4. The summed E-state index contributed by atoms with van der Waals surface area (Å²) in [7, 11) is 2.60. The van der Waals surface area contributed by atoms with Gasteiger partial charge in [0.1, 0.15) is 29.5 Å². The molecule has 4 N–H and O–H groups in total. The Bertz CT molecular complexity index is 3020. The molecule has 2 saturated carbocycles. The maximum absolute atomic E-state index is 14.1. The Morgan fingerprint density at radius 2 is 1.47 bits per heavy atom. The molecule has 17 nitrogen and oxygen atoms in total. The zero-order valence-electron chi connectivity index (χ0n) is 40.6. The Balaban J connectivity index is 0.912. The number of fused-ring (bicyclic) bond motifs is 6. The van der Waals surface area contributed by atoms with Crippen LogP contribution in [0.25, 0.3) is 44.7 Å². The number of ether oxygens (including phenoxy) is 3. The lowest BCUT2D eigenvalue weighted by Gasteiger charge is -2.31. The van der Waals surface area contributed by atoms with E-state index in [1.165, 1.54) is 20.6 Å². The second-order valence-corrected chi connectivity index (χ2v) is 21.5. The van der Waals surface area contributed by atoms with E-state index in [-0.39, 0.29) is 41.8 Å². The molecule has 4 amide bonds. The molecule has 0 spiro atoms. The molecule has 0 bridgehead atoms. The third kappa shape index (κ3) is 7.97. The van der Waals surface area contributed by atoms with E-state index in [0.29, 0.717) is 24.2 Å². The van der Waals surface area contributed by atoms with E-state index < -0.39 is 30.5 Å². The minimum absolute atomic E-state index is 0.111. The molecule has 366 valence electrons. The molecule has 4 fully saturated rings. The van der Waals surface area contributed by atoms with Crippen LogP contribution in [0.15, 0.2) is 55.0 Å². The highest BCUT2D eigenvalue weighted by atomic mass is 32.1. The van der Waals surface area contributed by atoms with Gasteiger partial charge in [-0.3, -0.25) is 14.2 Å². The standard InChI is InChI=1S/C52H60N10O7S/c1-25(2)43(58-51(65)67-6)48(63)60-15-9-12-36(60)45-53-23-34(57-45)30-16-27(5)42-38-19-31-17-29(13-14-35(31)62(38)50(69-40(42)21-30)41-24-55-47(70-41)28-10-8-11-28)33-22-54-46(56-33)39-20-32-18-37(32)61(39)49(64)44(26(3)4)59-52(66)68-7/h13-14,16-17,19,21-26,28,32,36-37,39,43-44,50H,8-12,15,18,20H2,1-7H3,(H,53,57)(H,54,56)(H,58,65)(H,59,66)/t32-,36+,37-,39+,43+,44?,50?/m1/s1. The lowest BCUT2D eigenvalue weighted by atomic mass is 9.86. The number of rotatable bonds is 12. The average molecular weight is 969 g/mol. The number of methoxy groups -OCH3 is 2. The van der Waals surface area contributed by atoms with Crippen LogP contribution in [0.1, 0.15) is 124 Å². The molecule has 2 unspecified atom stereocenters. The summed E-state index contributed by atoms with van der Waals surface area (Å²) in [6.45, 7) is 10.3. The topological polar surface area (TPSA) is 202 Å². The third-order valence-corrected chi connectivity index (χ3v) is 16.4. The van der Waals surface area contributed by atoms with Crippen molar-refractivity contribution in [2.24, 2.45) is 17.8 Å². The zero-order chi connectivity index (χ0) is 48.7. The van der Waals surface area contributed by atoms with Gasteiger partial charge >= 0.3 is 12.2 Å². The van der Waals surface area contributed by atoms with Crippen molar-refractivity contribution >= 4 is 46.2 Å². The normalized spacial score (nSPS) is 22.3. The lowest BCUT2D eigenvalue weighted by molar-refractivity contribution is -0.137. The summed E-state index contributed by atoms with van der Waals surface area (Å²) in [6.07, 6.45) is 10.8. The van der Waals surface area contributed by atoms with Crippen LogP contribution in [0, 0.1) is 24.7 Å². The van der Waals surface area contributed by atoms with Crippen molar-refractivity contribution in [3.05, 3.63) is 82.1 Å². The minimum atomic E-state index is -0.723. The van der Waals surface area contributed by atoms with E-state index in [9.17, 15) is 19.2 Å². The number of carbonyl (C=O) groups excluding carboxylic acids is 4. The number of amides is 4. The van der Waals surface area contributed by atoms with E-state index in [1.54, 1.807) is 11.3 Å². The number of alkyl carbamates (subject to hydrolysis) is 2. The van der Waals surface area contributed by atoms with Gasteiger partial charge in [0.05, 0.1) is 71.2 Å². The first-order chi connectivity index (χ1) is 33.8. The molecular weight excluding hydrogens is 909 g/mol. The highest BCUT2D eigenvalue weighted by molar-refractivity contribution is 7.11. The van der Waals surface area contributed by atoms with E-state index >= 15 is 0 Å². The Kier molecular flexibility index (Phi) is 11.7. The molecule has 2 aromatic carbocycles. The van der Waals surface area contributed by atoms with Crippen molar-refractivity contribution in [2.45, 2.75) is 122 Å². The number of benzene rings is 2. The quantitative estimate of drug-likeness (QED) is 0.0916. The summed E-state index contributed by atoms with van der Waals surface area (Å²) in [5.41, 5.74) is 7.64. The van der Waals surface area contributed by atoms with Gasteiger partial charge in [0.15, 0.2) is 0 Å². The fourth-order valence-electron chi connectivity index (χ4n) is 11.2. The van der Waals surface area contributed by atoms with Crippen LogP contribution >= 0.6 is 11.3 Å². The molecule has 7 atom stereocenters. The Labute approximate surface area is 410 Å². The molecule has 7 heterocycles. The van der Waals surface area contributed by atoms with Gasteiger partial charge in [-0.05, 0) is 99.1 Å². The predicted molar refractivity (Wildman–Crippen MR) is 263 cm³/mol. The van der Waals surface area contributed by atoms with Crippen LogP contribution in [-0.2, 0) is 19.1 Å². The number of hydrogen-bond acceptors (Lipinski definition) is 11. The van der Waals surface area contributed by atoms with Gasteiger partial charge in [0, 0.05) is 46.8 Å². The summed E-state index contributed by atoms with van der Waals surface area (Å²) >= 11 is 1.73. The van der Waals surface area contributed by atoms with Gasteiger partial charge in [0.2, 0.25) is 18.0 Å². The number of thiazole rings is 1. The Morgan fingerprint density at radius 1 is 0.786 bits per heavy atom. The first kappa shape index (κ1) is 45.7. The van der Waals surface area contributed by atoms with Crippen molar-refractivity contribution in [1.29, 1.82) is 0 Å². The van der Waals surface area contributed by atoms with Crippen molar-refractivity contribution < 1.29 is 33.4 Å². The first-order valence-corrected chi connectivity index (χ1v) is 25.5. The Morgan fingerprint density at radius 3 is 2.14 bits per heavy atom. The summed E-state index contributed by atoms with van der Waals surface area (Å²) in [6, 6.07) is 11.2. The molecule has 11 rings (SSSR count). The van der Waals surface area contributed by atoms with Crippen LogP contribution in [0.5, 0.6) is 5.75 Å². The highest BCUT2D eigenvalue weighted by Gasteiger charge is 2.56. The van der Waals surface area contributed by atoms with Crippen molar-refractivity contribution in [3.63, 3.8) is 0 Å². The molecule has 4 aromatic heterocycles. The number of hydrogen-bond donors (Lipinski definition) is 4. The number of nitrogens with one attached hydrogen (secondary N) is 4. The van der Waals surface area contributed by atoms with Crippen LogP contribution in [0.2, 0.25) is 0 Å². The van der Waals surface area contributed by atoms with Crippen molar-refractivity contribution in [3.8, 4) is 39.5 Å². The molecule has 3 aliphatic heterocycles. The summed E-state index contributed by atoms with van der Waals surface area (Å²) < 4.78 is 19.1. The average Bonchev–Trinajstić information content (AvgIpc) is 4.09. The van der Waals surface area contributed by atoms with Gasteiger partial charge in [0.25, 0.3) is 0 Å². The van der Waals surface area contributed by atoms with Crippen LogP contribution < -0.4 is 15.4 Å². The molecule has 0 radical (unpaired) electrons. The monoisotopic (exact) mass is 968 g/mol. The summed E-state index contributed by atoms with van der Waals surface area (Å²) in [5.74, 6) is 2.56. The van der Waals surface area contributed by atoms with Crippen molar-refractivity contribution in [1.82, 2.24) is 49.9 Å². The smallest absolute Gasteiger partial charge is 0.407 e. The van der Waals surface area contributed by atoms with Gasteiger partial charge in [-0.2, -0.15) is 0 Å². The van der Waals surface area contributed by atoms with Gasteiger partial charge in [-0.15, -0.1) is 11.3 Å². The molecule has 2 saturated heterocycles. The second kappa shape index (κ2) is 17.9. The fourth-order valence-corrected chi connectivity index (χ4v) is 12.3. The molecular formula is C52H60N10O7S. The van der Waals surface area contributed by atoms with E-state index in [2.05, 4.69) is 68.5 Å². The zero-order valence-corrected chi connectivity index (χ0v) is 41.4. The predicted octanol–water partition coefficient (Wildman–Crippen LogP) is 9.15. The molecule has 70 heavy (non-hydrogen) atoms. The number of aryl methyl sites for hydroxylation is 1. The molecule has 2 aliphatic carbocycles. The summed E-state index contributed by atoms with van der Waals surface area (Å²) in [4.78, 5) is 79.0. The molecule has 18 heteroatoms. The largest absolute Gasteiger partial charge is 0.464 e. The van der Waals surface area contributed by atoms with E-state index in [0.717, 1.165) is 110 Å². The van der Waals surface area contributed by atoms with Gasteiger partial charge < -0.3 is 44.6 Å². The number of piperidine rings is 1. The SMILES string of the molecule is COC(=O)NC(C(=O)N1[C@@H]2C[C@@H]2C[C@H]1c1ncc(-c2ccc3c(c2)cc2n3C(c3cnc(C4CCC4)s3)Oc3cc(-c4cnc([C@@H]5CCCN5C(=O)[C@@H](NC(=O)OC)C(C)C)[nH]4)cc(C)c3-2)[nH]1)C(C)C. The molecule has 5 aliphatic rings. The van der Waals surface area contributed by atoms with E-state index in [1.807, 2.05) is 56.1 Å². The number of nitrogens with zero attached hydrogens (tertiary/aromatic N) is 6. The summed E-state index contributed by atoms with van der Waals surface area (Å²) in [5, 5.41) is 7.70. The fraction of sp³-hybridized carbons (Fsp3) is 0.481. The molecule has 6 aromatic rings. The third-order valence-electron chi connectivity index (χ3n) is 15.2. The maximum Gasteiger partial charge on any atom is 0.407 e. The number of aromatic nitrogens is 6. The highest BCUT2D eigenvalue weighted by Crippen LogP contribution is 2.54. The number of H-pyrrole nitrogens is 2.